The number of carbonyl (C=O) groups is 2. The van der Waals surface area contributed by atoms with Crippen LogP contribution in [-0.2, 0) is 16.1 Å². The monoisotopic (exact) mass is 267 g/mol. The minimum atomic E-state index is -0.738. The molecule has 0 saturated carbocycles. The van der Waals surface area contributed by atoms with Gasteiger partial charge >= 0.3 is 0 Å². The van der Waals surface area contributed by atoms with Gasteiger partial charge in [0.15, 0.2) is 0 Å². The Morgan fingerprint density at radius 3 is 2.83 bits per heavy atom. The predicted octanol–water partition coefficient (Wildman–Crippen LogP) is 0.972. The van der Waals surface area contributed by atoms with Gasteiger partial charge in [-0.2, -0.15) is 0 Å². The maximum absolute atomic E-state index is 11.8. The van der Waals surface area contributed by atoms with Gasteiger partial charge in [-0.25, -0.2) is 4.98 Å². The Bertz CT molecular complexity index is 502. The van der Waals surface area contributed by atoms with E-state index >= 15 is 0 Å². The summed E-state index contributed by atoms with van der Waals surface area (Å²) in [6, 6.07) is 5.30. The van der Waals surface area contributed by atoms with Crippen LogP contribution in [0.3, 0.4) is 0 Å². The van der Waals surface area contributed by atoms with Gasteiger partial charge in [0, 0.05) is 6.54 Å². The lowest BCUT2D eigenvalue weighted by Crippen LogP contribution is -2.63. The minimum absolute atomic E-state index is 0.174. The molecule has 1 aliphatic heterocycles. The maximum Gasteiger partial charge on any atom is 0.246 e. The van der Waals surface area contributed by atoms with E-state index in [1.807, 2.05) is 6.07 Å². The molecule has 2 rings (SSSR count). The zero-order valence-corrected chi connectivity index (χ0v) is 11.0. The number of carbonyl (C=O) groups excluding carboxylic acids is 2. The van der Waals surface area contributed by atoms with Crippen molar-refractivity contribution in [3.05, 3.63) is 29.0 Å². The van der Waals surface area contributed by atoms with Crippen molar-refractivity contribution in [2.24, 2.45) is 0 Å². The van der Waals surface area contributed by atoms with E-state index in [0.717, 1.165) is 5.69 Å². The Labute approximate surface area is 110 Å². The fraction of sp³-hybridized carbons (Fsp3) is 0.417. The lowest BCUT2D eigenvalue weighted by Gasteiger charge is -2.39. The van der Waals surface area contributed by atoms with Crippen molar-refractivity contribution in [3.8, 4) is 0 Å². The van der Waals surface area contributed by atoms with Gasteiger partial charge in [-0.3, -0.25) is 19.8 Å². The van der Waals surface area contributed by atoms with Crippen molar-refractivity contribution in [1.82, 2.24) is 15.2 Å². The molecule has 1 N–H and O–H groups in total. The van der Waals surface area contributed by atoms with Gasteiger partial charge in [0.1, 0.15) is 5.15 Å². The third-order valence-corrected chi connectivity index (χ3v) is 3.27. The van der Waals surface area contributed by atoms with Crippen molar-refractivity contribution >= 4 is 23.4 Å². The molecule has 2 heterocycles. The first-order valence-corrected chi connectivity index (χ1v) is 5.98. The first-order valence-electron chi connectivity index (χ1n) is 5.60. The molecule has 0 radical (unpaired) electrons. The third-order valence-electron chi connectivity index (χ3n) is 3.06. The van der Waals surface area contributed by atoms with E-state index in [9.17, 15) is 9.59 Å². The lowest BCUT2D eigenvalue weighted by atomic mass is 9.98. The van der Waals surface area contributed by atoms with Crippen LogP contribution < -0.4 is 5.32 Å². The summed E-state index contributed by atoms with van der Waals surface area (Å²) >= 11 is 5.82. The highest BCUT2D eigenvalue weighted by Gasteiger charge is 2.40. The number of aromatic nitrogens is 1. The minimum Gasteiger partial charge on any atom is -0.294 e. The molecular weight excluding hydrogens is 254 g/mol. The second-order valence-corrected chi connectivity index (χ2v) is 5.13. The van der Waals surface area contributed by atoms with E-state index in [1.54, 1.807) is 30.9 Å². The van der Waals surface area contributed by atoms with Crippen LogP contribution in [-0.4, -0.2) is 33.8 Å². The van der Waals surface area contributed by atoms with Gasteiger partial charge < -0.3 is 0 Å². The van der Waals surface area contributed by atoms with E-state index in [0.29, 0.717) is 11.7 Å². The standard InChI is InChI=1S/C12H14ClN3O2/c1-12(2)11(18)15-10(17)7-16(12)6-8-4-3-5-9(13)14-8/h3-5H,6-7H2,1-2H3,(H,15,17,18). The third kappa shape index (κ3) is 2.52. The number of piperazine rings is 1. The highest BCUT2D eigenvalue weighted by Crippen LogP contribution is 2.20. The summed E-state index contributed by atoms with van der Waals surface area (Å²) in [7, 11) is 0. The second-order valence-electron chi connectivity index (χ2n) is 4.74. The normalized spacial score (nSPS) is 19.7. The van der Waals surface area contributed by atoms with Crippen LogP contribution in [0.1, 0.15) is 19.5 Å². The van der Waals surface area contributed by atoms with E-state index < -0.39 is 5.54 Å². The van der Waals surface area contributed by atoms with Gasteiger partial charge in [0.2, 0.25) is 11.8 Å². The quantitative estimate of drug-likeness (QED) is 0.641. The Morgan fingerprint density at radius 2 is 2.17 bits per heavy atom. The highest BCUT2D eigenvalue weighted by atomic mass is 35.5. The fourth-order valence-electron chi connectivity index (χ4n) is 1.82. The highest BCUT2D eigenvalue weighted by molar-refractivity contribution is 6.29. The summed E-state index contributed by atoms with van der Waals surface area (Å²) in [5.41, 5.74) is -0.00386. The summed E-state index contributed by atoms with van der Waals surface area (Å²) in [5.74, 6) is -0.581. The van der Waals surface area contributed by atoms with Gasteiger partial charge in [0.05, 0.1) is 17.8 Å². The van der Waals surface area contributed by atoms with E-state index in [-0.39, 0.29) is 18.4 Å². The molecule has 0 spiro atoms. The summed E-state index contributed by atoms with van der Waals surface area (Å²) < 4.78 is 0. The van der Waals surface area contributed by atoms with Crippen molar-refractivity contribution in [3.63, 3.8) is 0 Å². The molecule has 2 amide bonds. The molecule has 1 aliphatic rings. The van der Waals surface area contributed by atoms with Crippen molar-refractivity contribution in [2.45, 2.75) is 25.9 Å². The largest absolute Gasteiger partial charge is 0.294 e. The average Bonchev–Trinajstić information content (AvgIpc) is 2.26. The zero-order chi connectivity index (χ0) is 13.3. The number of rotatable bonds is 2. The molecule has 5 nitrogen and oxygen atoms in total. The Balaban J connectivity index is 2.21. The SMILES string of the molecule is CC1(C)C(=O)NC(=O)CN1Cc1cccc(Cl)n1. The van der Waals surface area contributed by atoms with Crippen LogP contribution in [0.4, 0.5) is 0 Å². The van der Waals surface area contributed by atoms with Crippen LogP contribution in [0.2, 0.25) is 5.15 Å². The molecule has 0 bridgehead atoms. The molecule has 1 aromatic rings. The van der Waals surface area contributed by atoms with E-state index in [1.165, 1.54) is 0 Å². The summed E-state index contributed by atoms with van der Waals surface area (Å²) in [5, 5.41) is 2.73. The van der Waals surface area contributed by atoms with Crippen molar-refractivity contribution in [1.29, 1.82) is 0 Å². The maximum atomic E-state index is 11.8. The van der Waals surface area contributed by atoms with Gasteiger partial charge in [0.25, 0.3) is 0 Å². The number of amides is 2. The van der Waals surface area contributed by atoms with Gasteiger partial charge in [-0.1, -0.05) is 17.7 Å². The molecule has 6 heteroatoms. The topological polar surface area (TPSA) is 62.3 Å². The first-order chi connectivity index (χ1) is 8.39. The molecule has 1 aromatic heterocycles. The van der Waals surface area contributed by atoms with Crippen LogP contribution in [0.15, 0.2) is 18.2 Å². The number of pyridine rings is 1. The number of hydrogen-bond acceptors (Lipinski definition) is 4. The van der Waals surface area contributed by atoms with Crippen LogP contribution in [0, 0.1) is 0 Å². The number of hydrogen-bond donors (Lipinski definition) is 1. The second kappa shape index (κ2) is 4.66. The zero-order valence-electron chi connectivity index (χ0n) is 10.2. The van der Waals surface area contributed by atoms with Crippen molar-refractivity contribution in [2.75, 3.05) is 6.54 Å². The Kier molecular flexibility index (Phi) is 3.36. The van der Waals surface area contributed by atoms with Gasteiger partial charge in [-0.05, 0) is 26.0 Å². The number of nitrogens with one attached hydrogen (secondary N) is 1. The molecule has 0 aromatic carbocycles. The van der Waals surface area contributed by atoms with Crippen LogP contribution in [0.5, 0.6) is 0 Å². The molecule has 1 fully saturated rings. The molecule has 96 valence electrons. The van der Waals surface area contributed by atoms with E-state index in [4.69, 9.17) is 11.6 Å². The number of nitrogens with zero attached hydrogens (tertiary/aromatic N) is 2. The smallest absolute Gasteiger partial charge is 0.246 e. The average molecular weight is 268 g/mol. The summed E-state index contributed by atoms with van der Waals surface area (Å²) in [6.45, 7) is 4.14. The predicted molar refractivity (Wildman–Crippen MR) is 66.9 cm³/mol. The molecule has 0 atom stereocenters. The van der Waals surface area contributed by atoms with E-state index in [2.05, 4.69) is 10.3 Å². The molecule has 0 aliphatic carbocycles. The fourth-order valence-corrected chi connectivity index (χ4v) is 2.00. The summed E-state index contributed by atoms with van der Waals surface area (Å²) in [6.07, 6.45) is 0. The lowest BCUT2D eigenvalue weighted by molar-refractivity contribution is -0.145. The Morgan fingerprint density at radius 1 is 1.44 bits per heavy atom. The van der Waals surface area contributed by atoms with Crippen molar-refractivity contribution < 1.29 is 9.59 Å². The molecule has 1 saturated heterocycles. The Hall–Kier alpha value is -1.46. The van der Waals surface area contributed by atoms with Crippen LogP contribution in [0.25, 0.3) is 0 Å². The van der Waals surface area contributed by atoms with Gasteiger partial charge in [-0.15, -0.1) is 0 Å². The number of halogens is 1. The number of imide groups is 1. The molecule has 0 unspecified atom stereocenters. The summed E-state index contributed by atoms with van der Waals surface area (Å²) in [4.78, 5) is 29.1. The molecule has 18 heavy (non-hydrogen) atoms. The van der Waals surface area contributed by atoms with Crippen LogP contribution >= 0.6 is 11.6 Å². The first kappa shape index (κ1) is 13.0. The molecular formula is C12H14ClN3O2.